The number of fused-ring (bicyclic) bond motifs is 4. The van der Waals surface area contributed by atoms with E-state index in [1.165, 1.54) is 25.0 Å². The molecule has 0 atom stereocenters. The lowest BCUT2D eigenvalue weighted by Gasteiger charge is -2.22. The van der Waals surface area contributed by atoms with Gasteiger partial charge in [-0.05, 0) is 144 Å². The van der Waals surface area contributed by atoms with Gasteiger partial charge in [0.1, 0.15) is 0 Å². The predicted octanol–water partition coefficient (Wildman–Crippen LogP) is 8.53. The molecule has 17 heteroatoms. The molecule has 4 aliphatic heterocycles. The van der Waals surface area contributed by atoms with E-state index in [0.29, 0.717) is 24.1 Å². The molecular formula is C47H57BrN4O8S4. The number of benzene rings is 5. The van der Waals surface area contributed by atoms with Crippen molar-refractivity contribution in [3.63, 3.8) is 0 Å². The highest BCUT2D eigenvalue weighted by atomic mass is 79.9. The standard InChI is InChI=1S/C16H17NO2S.C11H15NO2S.C10H12BrNO2S.C10H13NO2S/c1-20(18,19)16-13(12-6-3-2-4-7-12)9-10-15-14(16)8-5-11-17-15;1-8-5-6-10-9(4-3-7-12-10)11(8)15(2,13)14;1-15(13,14)10-7-3-2-6-12-9(7)5-4-8(10)11;1-14(12,13)10-6-2-5-9-8(10)4-3-7-11-9/h2-4,6-7,9-10,17H,5,8,11H2,1H3;5-6,12H,3-4,7H2,1-2H3;4-5,12H,2-3,6H2,1H3;2,5-6,11H,3-4,7H2,1H3. The Labute approximate surface area is 387 Å². The number of hydrogen-bond acceptors (Lipinski definition) is 12. The van der Waals surface area contributed by atoms with Crippen LogP contribution in [0.25, 0.3) is 11.1 Å². The van der Waals surface area contributed by atoms with E-state index in [-0.39, 0.29) is 0 Å². The summed E-state index contributed by atoms with van der Waals surface area (Å²) in [5.74, 6) is 0. The molecule has 4 heterocycles. The molecule has 4 aliphatic rings. The topological polar surface area (TPSA) is 185 Å². The van der Waals surface area contributed by atoms with Crippen molar-refractivity contribution in [2.24, 2.45) is 0 Å². The van der Waals surface area contributed by atoms with Crippen molar-refractivity contribution in [3.8, 4) is 11.1 Å². The molecule has 0 radical (unpaired) electrons. The van der Waals surface area contributed by atoms with Crippen LogP contribution in [-0.2, 0) is 65.0 Å². The maximum Gasteiger partial charge on any atom is 0.176 e. The average molecular weight is 1010 g/mol. The van der Waals surface area contributed by atoms with Crippen LogP contribution in [0.4, 0.5) is 22.7 Å². The van der Waals surface area contributed by atoms with Crippen LogP contribution in [0, 0.1) is 6.92 Å². The van der Waals surface area contributed by atoms with E-state index in [4.69, 9.17) is 0 Å². The highest BCUT2D eigenvalue weighted by molar-refractivity contribution is 9.10. The van der Waals surface area contributed by atoms with Crippen LogP contribution in [0.15, 0.2) is 109 Å². The van der Waals surface area contributed by atoms with Gasteiger partial charge in [0, 0.05) is 84.0 Å². The van der Waals surface area contributed by atoms with Crippen molar-refractivity contribution in [2.75, 3.05) is 72.5 Å². The molecule has 0 unspecified atom stereocenters. The van der Waals surface area contributed by atoms with E-state index >= 15 is 0 Å². The lowest BCUT2D eigenvalue weighted by atomic mass is 9.97. The van der Waals surface area contributed by atoms with Gasteiger partial charge in [-0.15, -0.1) is 0 Å². The summed E-state index contributed by atoms with van der Waals surface area (Å²) >= 11 is 3.30. The summed E-state index contributed by atoms with van der Waals surface area (Å²) in [7, 11) is -12.6. The van der Waals surface area contributed by atoms with E-state index in [0.717, 1.165) is 139 Å². The van der Waals surface area contributed by atoms with Gasteiger partial charge in [-0.1, -0.05) is 48.5 Å². The lowest BCUT2D eigenvalue weighted by Crippen LogP contribution is -2.16. The Morgan fingerprint density at radius 3 is 1.33 bits per heavy atom. The van der Waals surface area contributed by atoms with Crippen LogP contribution >= 0.6 is 15.9 Å². The van der Waals surface area contributed by atoms with Crippen molar-refractivity contribution < 1.29 is 33.7 Å². The smallest absolute Gasteiger partial charge is 0.176 e. The number of anilines is 4. The molecule has 0 aromatic heterocycles. The molecular weight excluding hydrogens is 957 g/mol. The first-order valence-electron chi connectivity index (χ1n) is 21.2. The summed E-state index contributed by atoms with van der Waals surface area (Å²) in [6, 6.07) is 26.5. The number of hydrogen-bond donors (Lipinski definition) is 4. The van der Waals surface area contributed by atoms with Gasteiger partial charge in [0.05, 0.1) is 19.6 Å². The van der Waals surface area contributed by atoms with Crippen molar-refractivity contribution in [2.45, 2.75) is 77.9 Å². The maximum atomic E-state index is 12.3. The fraction of sp³-hybridized carbons (Fsp3) is 0.362. The summed E-state index contributed by atoms with van der Waals surface area (Å²) in [6.45, 7) is 5.53. The normalized spacial score (nSPS) is 15.3. The molecule has 0 spiro atoms. The SMILES string of the molecule is CS(=O)(=O)c1c(-c2ccccc2)ccc2c1CCCN2.CS(=O)(=O)c1c(Br)ccc2c1CCCN2.CS(=O)(=O)c1cccc2c1CCCN2.Cc1ccc2c(c1S(C)(=O)=O)CCCN2. The molecule has 12 nitrogen and oxygen atoms in total. The Morgan fingerprint density at radius 2 is 0.844 bits per heavy atom. The molecule has 0 bridgehead atoms. The number of aryl methyl sites for hydroxylation is 1. The summed E-state index contributed by atoms with van der Waals surface area (Å²) in [5, 5.41) is 13.0. The van der Waals surface area contributed by atoms with Crippen molar-refractivity contribution in [1.82, 2.24) is 0 Å². The van der Waals surface area contributed by atoms with E-state index in [9.17, 15) is 33.7 Å². The first kappa shape index (κ1) is 49.0. The summed E-state index contributed by atoms with van der Waals surface area (Å²) in [4.78, 5) is 1.91. The van der Waals surface area contributed by atoms with E-state index in [1.54, 1.807) is 18.2 Å². The van der Waals surface area contributed by atoms with Gasteiger partial charge in [0.2, 0.25) is 0 Å². The monoisotopic (exact) mass is 1010 g/mol. The summed E-state index contributed by atoms with van der Waals surface area (Å²) in [5.41, 5.74) is 10.2. The van der Waals surface area contributed by atoms with Gasteiger partial charge in [-0.3, -0.25) is 0 Å². The number of halogens is 1. The van der Waals surface area contributed by atoms with Gasteiger partial charge < -0.3 is 21.3 Å². The molecule has 0 aliphatic carbocycles. The van der Waals surface area contributed by atoms with E-state index < -0.39 is 39.3 Å². The highest BCUT2D eigenvalue weighted by Gasteiger charge is 2.25. The van der Waals surface area contributed by atoms with Crippen molar-refractivity contribution >= 4 is 78.0 Å². The van der Waals surface area contributed by atoms with Gasteiger partial charge in [-0.25, -0.2) is 33.7 Å². The quantitative estimate of drug-likeness (QED) is 0.132. The largest absolute Gasteiger partial charge is 0.385 e. The fourth-order valence-electron chi connectivity index (χ4n) is 8.69. The van der Waals surface area contributed by atoms with Gasteiger partial charge in [0.25, 0.3) is 0 Å². The Kier molecular flexibility index (Phi) is 15.6. The van der Waals surface area contributed by atoms with Crippen LogP contribution in [0.1, 0.15) is 53.5 Å². The Bertz CT molecular complexity index is 2890. The van der Waals surface area contributed by atoms with Crippen LogP contribution in [0.3, 0.4) is 0 Å². The molecule has 5 aromatic rings. The zero-order valence-corrected chi connectivity index (χ0v) is 41.7. The van der Waals surface area contributed by atoms with E-state index in [1.807, 2.05) is 73.7 Å². The molecule has 0 amide bonds. The second-order valence-electron chi connectivity index (χ2n) is 16.5. The zero-order chi connectivity index (χ0) is 46.5. The minimum Gasteiger partial charge on any atom is -0.385 e. The first-order chi connectivity index (χ1) is 30.2. The third-order valence-corrected chi connectivity index (χ3v) is 17.2. The predicted molar refractivity (Wildman–Crippen MR) is 263 cm³/mol. The van der Waals surface area contributed by atoms with Crippen molar-refractivity contribution in [3.05, 3.63) is 117 Å². The number of rotatable bonds is 5. The zero-order valence-electron chi connectivity index (χ0n) is 36.8. The third-order valence-electron chi connectivity index (χ3n) is 11.3. The molecule has 64 heavy (non-hydrogen) atoms. The Morgan fingerprint density at radius 1 is 0.422 bits per heavy atom. The molecule has 0 saturated heterocycles. The van der Waals surface area contributed by atoms with Gasteiger partial charge in [-0.2, -0.15) is 0 Å². The molecule has 0 fully saturated rings. The Balaban J connectivity index is 0.000000143. The molecule has 9 rings (SSSR count). The van der Waals surface area contributed by atoms with Crippen LogP contribution in [-0.4, -0.2) is 84.9 Å². The maximum absolute atomic E-state index is 12.3. The summed E-state index contributed by atoms with van der Waals surface area (Å²) in [6.07, 6.45) is 12.4. The molecule has 4 N–H and O–H groups in total. The van der Waals surface area contributed by atoms with Crippen LogP contribution < -0.4 is 21.3 Å². The Hall–Kier alpha value is -4.42. The minimum atomic E-state index is -3.26. The third kappa shape index (κ3) is 11.9. The summed E-state index contributed by atoms with van der Waals surface area (Å²) < 4.78 is 94.9. The van der Waals surface area contributed by atoms with Gasteiger partial charge in [0.15, 0.2) is 39.3 Å². The molecule has 5 aromatic carbocycles. The lowest BCUT2D eigenvalue weighted by molar-refractivity contribution is 0.597. The first-order valence-corrected chi connectivity index (χ1v) is 29.5. The number of nitrogens with one attached hydrogen (secondary N) is 4. The average Bonchev–Trinajstić information content (AvgIpc) is 3.25. The number of sulfone groups is 4. The van der Waals surface area contributed by atoms with Crippen LogP contribution in [0.5, 0.6) is 0 Å². The van der Waals surface area contributed by atoms with Crippen molar-refractivity contribution in [1.29, 1.82) is 0 Å². The molecule has 344 valence electrons. The molecule has 0 saturated carbocycles. The second kappa shape index (κ2) is 20.4. The second-order valence-corrected chi connectivity index (χ2v) is 25.2. The van der Waals surface area contributed by atoms with Gasteiger partial charge >= 0.3 is 0 Å². The highest BCUT2D eigenvalue weighted by Crippen LogP contribution is 2.38. The minimum absolute atomic E-state index is 0.437. The fourth-order valence-corrected chi connectivity index (χ4v) is 14.6. The van der Waals surface area contributed by atoms with Crippen LogP contribution in [0.2, 0.25) is 0 Å². The van der Waals surface area contributed by atoms with E-state index in [2.05, 4.69) is 37.2 Å².